The van der Waals surface area contributed by atoms with E-state index in [9.17, 15) is 5.11 Å². The van der Waals surface area contributed by atoms with E-state index in [1.807, 2.05) is 13.0 Å². The van der Waals surface area contributed by atoms with E-state index >= 15 is 0 Å². The molecule has 4 heteroatoms. The molecular formula is C13H19NO3. The molecule has 1 fully saturated rings. The largest absolute Gasteiger partial charge is 0.504 e. The highest BCUT2D eigenvalue weighted by Crippen LogP contribution is 2.40. The minimum absolute atomic E-state index is 0.141. The van der Waals surface area contributed by atoms with Crippen LogP contribution in [0, 0.1) is 0 Å². The lowest BCUT2D eigenvalue weighted by molar-refractivity contribution is 0.299. The summed E-state index contributed by atoms with van der Waals surface area (Å²) in [4.78, 5) is 0. The van der Waals surface area contributed by atoms with E-state index in [1.165, 1.54) is 13.5 Å². The van der Waals surface area contributed by atoms with Crippen LogP contribution in [0.1, 0.15) is 31.4 Å². The summed E-state index contributed by atoms with van der Waals surface area (Å²) < 4.78 is 10.6. The van der Waals surface area contributed by atoms with Crippen molar-refractivity contribution in [1.82, 2.24) is 5.32 Å². The summed E-state index contributed by atoms with van der Waals surface area (Å²) in [6.45, 7) is 3.50. The third kappa shape index (κ3) is 2.47. The lowest BCUT2D eigenvalue weighted by Crippen LogP contribution is -2.13. The predicted octanol–water partition coefficient (Wildman–Crippen LogP) is 2.22. The third-order valence-corrected chi connectivity index (χ3v) is 3.02. The van der Waals surface area contributed by atoms with Crippen LogP contribution in [0.15, 0.2) is 12.1 Å². The second-order valence-electron chi connectivity index (χ2n) is 4.15. The molecule has 2 N–H and O–H groups in total. The number of benzene rings is 1. The van der Waals surface area contributed by atoms with Crippen molar-refractivity contribution in [2.24, 2.45) is 0 Å². The van der Waals surface area contributed by atoms with Gasteiger partial charge in [-0.25, -0.2) is 0 Å². The SMILES string of the molecule is CCOc1cc(C2CCCN2)cc(O)c1OC. The fourth-order valence-corrected chi connectivity index (χ4v) is 2.25. The molecule has 4 nitrogen and oxygen atoms in total. The number of phenolic OH excluding ortho intramolecular Hbond substituents is 1. The molecule has 0 aliphatic carbocycles. The van der Waals surface area contributed by atoms with Gasteiger partial charge in [-0.15, -0.1) is 0 Å². The first-order chi connectivity index (χ1) is 8.26. The lowest BCUT2D eigenvalue weighted by Gasteiger charge is -2.16. The Morgan fingerprint density at radius 2 is 2.29 bits per heavy atom. The first-order valence-corrected chi connectivity index (χ1v) is 6.03. The fourth-order valence-electron chi connectivity index (χ4n) is 2.25. The Morgan fingerprint density at radius 3 is 2.88 bits per heavy atom. The van der Waals surface area contributed by atoms with Gasteiger partial charge in [-0.2, -0.15) is 0 Å². The first-order valence-electron chi connectivity index (χ1n) is 6.03. The molecular weight excluding hydrogens is 218 g/mol. The van der Waals surface area contributed by atoms with Crippen molar-refractivity contribution in [3.63, 3.8) is 0 Å². The highest BCUT2D eigenvalue weighted by Gasteiger charge is 2.20. The van der Waals surface area contributed by atoms with E-state index in [-0.39, 0.29) is 5.75 Å². The van der Waals surface area contributed by atoms with Gasteiger partial charge in [0.2, 0.25) is 5.75 Å². The molecule has 0 saturated carbocycles. The summed E-state index contributed by atoms with van der Waals surface area (Å²) >= 11 is 0. The van der Waals surface area contributed by atoms with Gasteiger partial charge in [0.05, 0.1) is 13.7 Å². The molecule has 17 heavy (non-hydrogen) atoms. The summed E-state index contributed by atoms with van der Waals surface area (Å²) in [7, 11) is 1.53. The van der Waals surface area contributed by atoms with Crippen LogP contribution in [0.5, 0.6) is 17.2 Å². The zero-order valence-electron chi connectivity index (χ0n) is 10.3. The highest BCUT2D eigenvalue weighted by atomic mass is 16.5. The monoisotopic (exact) mass is 237 g/mol. The quantitative estimate of drug-likeness (QED) is 0.843. The first kappa shape index (κ1) is 12.0. The Kier molecular flexibility index (Phi) is 3.74. The molecule has 0 aromatic heterocycles. The van der Waals surface area contributed by atoms with Crippen molar-refractivity contribution >= 4 is 0 Å². The maximum Gasteiger partial charge on any atom is 0.203 e. The molecule has 2 rings (SSSR count). The topological polar surface area (TPSA) is 50.7 Å². The number of phenols is 1. The van der Waals surface area contributed by atoms with Crippen LogP contribution in [-0.2, 0) is 0 Å². The molecule has 0 bridgehead atoms. The van der Waals surface area contributed by atoms with Gasteiger partial charge in [0, 0.05) is 6.04 Å². The van der Waals surface area contributed by atoms with E-state index < -0.39 is 0 Å². The molecule has 1 aliphatic rings. The lowest BCUT2D eigenvalue weighted by atomic mass is 10.0. The second-order valence-corrected chi connectivity index (χ2v) is 4.15. The number of hydrogen-bond donors (Lipinski definition) is 2. The van der Waals surface area contributed by atoms with Crippen LogP contribution in [-0.4, -0.2) is 25.4 Å². The van der Waals surface area contributed by atoms with Crippen molar-refractivity contribution in [3.05, 3.63) is 17.7 Å². The van der Waals surface area contributed by atoms with Crippen molar-refractivity contribution in [3.8, 4) is 17.2 Å². The molecule has 94 valence electrons. The fraction of sp³-hybridized carbons (Fsp3) is 0.538. The summed E-state index contributed by atoms with van der Waals surface area (Å²) in [6, 6.07) is 4.01. The zero-order chi connectivity index (χ0) is 12.3. The summed E-state index contributed by atoms with van der Waals surface area (Å²) in [6.07, 6.45) is 2.26. The Hall–Kier alpha value is -1.42. The predicted molar refractivity (Wildman–Crippen MR) is 65.8 cm³/mol. The minimum atomic E-state index is 0.141. The van der Waals surface area contributed by atoms with Crippen LogP contribution in [0.2, 0.25) is 0 Å². The van der Waals surface area contributed by atoms with Crippen molar-refractivity contribution in [2.45, 2.75) is 25.8 Å². The van der Waals surface area contributed by atoms with E-state index in [1.54, 1.807) is 6.07 Å². The molecule has 1 aliphatic heterocycles. The normalized spacial score (nSPS) is 19.3. The maximum absolute atomic E-state index is 9.93. The average molecular weight is 237 g/mol. The number of nitrogens with one attached hydrogen (secondary N) is 1. The van der Waals surface area contributed by atoms with Crippen LogP contribution >= 0.6 is 0 Å². The molecule has 0 spiro atoms. The molecule has 1 heterocycles. The maximum atomic E-state index is 9.93. The van der Waals surface area contributed by atoms with Crippen LogP contribution in [0.3, 0.4) is 0 Å². The smallest absolute Gasteiger partial charge is 0.203 e. The summed E-state index contributed by atoms with van der Waals surface area (Å²) in [5.41, 5.74) is 1.06. The molecule has 1 atom stereocenters. The molecule has 1 unspecified atom stereocenters. The van der Waals surface area contributed by atoms with E-state index in [2.05, 4.69) is 5.32 Å². The molecule has 1 aromatic rings. The second kappa shape index (κ2) is 5.27. The average Bonchev–Trinajstić information content (AvgIpc) is 2.82. The molecule has 1 aromatic carbocycles. The summed E-state index contributed by atoms with van der Waals surface area (Å²) in [5, 5.41) is 13.3. The zero-order valence-corrected chi connectivity index (χ0v) is 10.3. The van der Waals surface area contributed by atoms with Crippen LogP contribution < -0.4 is 14.8 Å². The Morgan fingerprint density at radius 1 is 1.47 bits per heavy atom. The molecule has 1 saturated heterocycles. The number of rotatable bonds is 4. The van der Waals surface area contributed by atoms with Crippen LogP contribution in [0.4, 0.5) is 0 Å². The van der Waals surface area contributed by atoms with E-state index in [0.717, 1.165) is 18.5 Å². The van der Waals surface area contributed by atoms with E-state index in [4.69, 9.17) is 9.47 Å². The standard InChI is InChI=1S/C13H19NO3/c1-3-17-12-8-9(10-5-4-6-14-10)7-11(15)13(12)16-2/h7-8,10,14-15H,3-6H2,1-2H3. The highest BCUT2D eigenvalue weighted by molar-refractivity contribution is 5.53. The van der Waals surface area contributed by atoms with Gasteiger partial charge in [-0.1, -0.05) is 0 Å². The molecule has 0 amide bonds. The number of hydrogen-bond acceptors (Lipinski definition) is 4. The van der Waals surface area contributed by atoms with Gasteiger partial charge < -0.3 is 19.9 Å². The number of ether oxygens (including phenoxy) is 2. The number of aromatic hydroxyl groups is 1. The molecule has 0 radical (unpaired) electrons. The Labute approximate surface area is 102 Å². The summed E-state index contributed by atoms with van der Waals surface area (Å²) in [5.74, 6) is 1.16. The van der Waals surface area contributed by atoms with Gasteiger partial charge in [0.15, 0.2) is 11.5 Å². The third-order valence-electron chi connectivity index (χ3n) is 3.02. The van der Waals surface area contributed by atoms with E-state index in [0.29, 0.717) is 24.1 Å². The van der Waals surface area contributed by atoms with Gasteiger partial charge >= 0.3 is 0 Å². The van der Waals surface area contributed by atoms with Gasteiger partial charge in [0.1, 0.15) is 0 Å². The Balaban J connectivity index is 2.34. The van der Waals surface area contributed by atoms with Gasteiger partial charge in [0.25, 0.3) is 0 Å². The van der Waals surface area contributed by atoms with Crippen molar-refractivity contribution < 1.29 is 14.6 Å². The van der Waals surface area contributed by atoms with Gasteiger partial charge in [-0.05, 0) is 44.0 Å². The minimum Gasteiger partial charge on any atom is -0.504 e. The Bertz CT molecular complexity index is 386. The van der Waals surface area contributed by atoms with Gasteiger partial charge in [-0.3, -0.25) is 0 Å². The number of methoxy groups -OCH3 is 1. The van der Waals surface area contributed by atoms with Crippen molar-refractivity contribution in [2.75, 3.05) is 20.3 Å². The van der Waals surface area contributed by atoms with Crippen LogP contribution in [0.25, 0.3) is 0 Å². The van der Waals surface area contributed by atoms with Crippen molar-refractivity contribution in [1.29, 1.82) is 0 Å².